The van der Waals surface area contributed by atoms with Crippen LogP contribution in [0.3, 0.4) is 0 Å². The molecule has 0 spiro atoms. The summed E-state index contributed by atoms with van der Waals surface area (Å²) in [5, 5.41) is 12.7. The van der Waals surface area contributed by atoms with Crippen molar-refractivity contribution in [2.45, 2.75) is 37.7 Å². The van der Waals surface area contributed by atoms with Gasteiger partial charge < -0.3 is 10.4 Å². The van der Waals surface area contributed by atoms with Crippen molar-refractivity contribution in [2.75, 3.05) is 17.6 Å². The molecule has 0 saturated carbocycles. The average molecular weight is 271 g/mol. The smallest absolute Gasteiger partial charge is 0.180 e. The monoisotopic (exact) mass is 271 g/mol. The first-order valence-corrected chi connectivity index (χ1v) is 7.90. The van der Waals surface area contributed by atoms with Crippen LogP contribution in [0.4, 0.5) is 5.69 Å². The molecule has 0 aliphatic carbocycles. The van der Waals surface area contributed by atoms with Gasteiger partial charge >= 0.3 is 0 Å². The zero-order chi connectivity index (χ0) is 13.6. The van der Waals surface area contributed by atoms with E-state index in [0.29, 0.717) is 23.5 Å². The Morgan fingerprint density at radius 3 is 2.56 bits per heavy atom. The second-order valence-corrected chi connectivity index (χ2v) is 6.47. The summed E-state index contributed by atoms with van der Waals surface area (Å²) in [6.07, 6.45) is 1.15. The third-order valence-corrected chi connectivity index (χ3v) is 4.54. The molecule has 102 valence electrons. The normalized spacial score (nSPS) is 13.3. The van der Waals surface area contributed by atoms with Crippen molar-refractivity contribution in [1.82, 2.24) is 0 Å². The molecule has 0 radical (unpaired) electrons. The fraction of sp³-hybridized carbons (Fsp3) is 0.538. The van der Waals surface area contributed by atoms with Crippen LogP contribution in [-0.4, -0.2) is 31.9 Å². The van der Waals surface area contributed by atoms with E-state index in [9.17, 15) is 13.5 Å². The van der Waals surface area contributed by atoms with E-state index < -0.39 is 15.9 Å². The van der Waals surface area contributed by atoms with Gasteiger partial charge in [-0.25, -0.2) is 8.42 Å². The highest BCUT2D eigenvalue weighted by Gasteiger charge is 2.16. The van der Waals surface area contributed by atoms with Gasteiger partial charge in [0.15, 0.2) is 9.84 Å². The van der Waals surface area contributed by atoms with E-state index in [0.717, 1.165) is 6.42 Å². The lowest BCUT2D eigenvalue weighted by atomic mass is 10.2. The minimum Gasteiger partial charge on any atom is -0.391 e. The molecule has 0 aliphatic heterocycles. The topological polar surface area (TPSA) is 66.4 Å². The van der Waals surface area contributed by atoms with Gasteiger partial charge in [-0.2, -0.15) is 0 Å². The van der Waals surface area contributed by atoms with Crippen molar-refractivity contribution in [3.05, 3.63) is 24.3 Å². The number of anilines is 1. The van der Waals surface area contributed by atoms with Crippen LogP contribution in [0.1, 0.15) is 26.7 Å². The maximum Gasteiger partial charge on any atom is 0.180 e. The van der Waals surface area contributed by atoms with E-state index >= 15 is 0 Å². The van der Waals surface area contributed by atoms with Gasteiger partial charge in [0.2, 0.25) is 0 Å². The van der Waals surface area contributed by atoms with Crippen LogP contribution in [0, 0.1) is 0 Å². The number of hydrogen-bond donors (Lipinski definition) is 2. The second kappa shape index (κ2) is 6.75. The Labute approximate surface area is 109 Å². The number of nitrogens with one attached hydrogen (secondary N) is 1. The summed E-state index contributed by atoms with van der Waals surface area (Å²) in [7, 11) is -3.23. The molecular weight excluding hydrogens is 250 g/mol. The van der Waals surface area contributed by atoms with E-state index in [2.05, 4.69) is 5.32 Å². The molecule has 1 aromatic rings. The lowest BCUT2D eigenvalue weighted by Gasteiger charge is -2.14. The van der Waals surface area contributed by atoms with Crippen molar-refractivity contribution in [3.8, 4) is 0 Å². The molecule has 1 aromatic carbocycles. The first-order valence-electron chi connectivity index (χ1n) is 6.25. The molecule has 1 rings (SSSR count). The van der Waals surface area contributed by atoms with E-state index in [1.165, 1.54) is 0 Å². The summed E-state index contributed by atoms with van der Waals surface area (Å²) < 4.78 is 23.8. The van der Waals surface area contributed by atoms with E-state index in [4.69, 9.17) is 0 Å². The molecule has 0 heterocycles. The Bertz CT molecular complexity index is 471. The number of benzene rings is 1. The van der Waals surface area contributed by atoms with Gasteiger partial charge in [-0.05, 0) is 18.6 Å². The highest BCUT2D eigenvalue weighted by atomic mass is 32.2. The number of rotatable bonds is 7. The first-order chi connectivity index (χ1) is 8.51. The molecule has 1 atom stereocenters. The summed E-state index contributed by atoms with van der Waals surface area (Å²) in [6.45, 7) is 3.99. The summed E-state index contributed by atoms with van der Waals surface area (Å²) in [5.74, 6) is 0.0726. The highest BCUT2D eigenvalue weighted by Crippen LogP contribution is 2.21. The molecular formula is C13H21NO3S. The minimum atomic E-state index is -3.23. The van der Waals surface area contributed by atoms with Crippen molar-refractivity contribution in [2.24, 2.45) is 0 Å². The standard InChI is InChI=1S/C13H21NO3S/c1-3-7-11(15)10-14-12-8-5-6-9-13(12)18(16,17)4-2/h5-6,8-9,11,14-15H,3-4,7,10H2,1-2H3. The average Bonchev–Trinajstić information content (AvgIpc) is 2.37. The zero-order valence-electron chi connectivity index (χ0n) is 10.9. The molecule has 4 nitrogen and oxygen atoms in total. The third kappa shape index (κ3) is 3.99. The maximum atomic E-state index is 11.9. The summed E-state index contributed by atoms with van der Waals surface area (Å²) in [6, 6.07) is 6.80. The van der Waals surface area contributed by atoms with Gasteiger partial charge in [-0.1, -0.05) is 32.4 Å². The van der Waals surface area contributed by atoms with Gasteiger partial charge in [0, 0.05) is 6.54 Å². The summed E-state index contributed by atoms with van der Waals surface area (Å²) in [4.78, 5) is 0.302. The van der Waals surface area contributed by atoms with Crippen LogP contribution in [0.5, 0.6) is 0 Å². The van der Waals surface area contributed by atoms with Crippen LogP contribution < -0.4 is 5.32 Å². The summed E-state index contributed by atoms with van der Waals surface area (Å²) in [5.41, 5.74) is 0.564. The van der Waals surface area contributed by atoms with Gasteiger partial charge in [0.05, 0.1) is 22.4 Å². The molecule has 2 N–H and O–H groups in total. The van der Waals surface area contributed by atoms with Crippen LogP contribution in [0.2, 0.25) is 0 Å². The van der Waals surface area contributed by atoms with Crippen molar-refractivity contribution in [3.63, 3.8) is 0 Å². The number of aliphatic hydroxyl groups is 1. The third-order valence-electron chi connectivity index (χ3n) is 2.75. The van der Waals surface area contributed by atoms with Crippen LogP contribution >= 0.6 is 0 Å². The quantitative estimate of drug-likeness (QED) is 0.796. The predicted molar refractivity (Wildman–Crippen MR) is 73.6 cm³/mol. The fourth-order valence-electron chi connectivity index (χ4n) is 1.70. The molecule has 0 aliphatic rings. The maximum absolute atomic E-state index is 11.9. The molecule has 18 heavy (non-hydrogen) atoms. The Balaban J connectivity index is 2.84. The van der Waals surface area contributed by atoms with Crippen molar-refractivity contribution < 1.29 is 13.5 Å². The number of aliphatic hydroxyl groups excluding tert-OH is 1. The van der Waals surface area contributed by atoms with Crippen LogP contribution in [0.15, 0.2) is 29.2 Å². The molecule has 5 heteroatoms. The summed E-state index contributed by atoms with van der Waals surface area (Å²) >= 11 is 0. The predicted octanol–water partition coefficient (Wildman–Crippen LogP) is 2.05. The largest absolute Gasteiger partial charge is 0.391 e. The van der Waals surface area contributed by atoms with E-state index in [1.54, 1.807) is 31.2 Å². The zero-order valence-corrected chi connectivity index (χ0v) is 11.7. The van der Waals surface area contributed by atoms with Gasteiger partial charge in [-0.15, -0.1) is 0 Å². The fourth-order valence-corrected chi connectivity index (χ4v) is 2.77. The van der Waals surface area contributed by atoms with Gasteiger partial charge in [0.1, 0.15) is 0 Å². The molecule has 0 amide bonds. The Kier molecular flexibility index (Phi) is 5.62. The molecule has 1 unspecified atom stereocenters. The lowest BCUT2D eigenvalue weighted by Crippen LogP contribution is -2.20. The van der Waals surface area contributed by atoms with Crippen molar-refractivity contribution >= 4 is 15.5 Å². The molecule has 0 fully saturated rings. The molecule has 0 aromatic heterocycles. The van der Waals surface area contributed by atoms with E-state index in [1.807, 2.05) is 6.92 Å². The SMILES string of the molecule is CCCC(O)CNc1ccccc1S(=O)(=O)CC. The van der Waals surface area contributed by atoms with E-state index in [-0.39, 0.29) is 5.75 Å². The number of para-hydroxylation sites is 1. The Morgan fingerprint density at radius 2 is 1.94 bits per heavy atom. The van der Waals surface area contributed by atoms with Crippen LogP contribution in [-0.2, 0) is 9.84 Å². The van der Waals surface area contributed by atoms with Crippen molar-refractivity contribution in [1.29, 1.82) is 0 Å². The first kappa shape index (κ1) is 15.0. The molecule has 0 saturated heterocycles. The van der Waals surface area contributed by atoms with Gasteiger partial charge in [-0.3, -0.25) is 0 Å². The number of hydrogen-bond acceptors (Lipinski definition) is 4. The number of sulfone groups is 1. The van der Waals surface area contributed by atoms with Gasteiger partial charge in [0.25, 0.3) is 0 Å². The Morgan fingerprint density at radius 1 is 1.28 bits per heavy atom. The van der Waals surface area contributed by atoms with Crippen LogP contribution in [0.25, 0.3) is 0 Å². The Hall–Kier alpha value is -1.07. The second-order valence-electron chi connectivity index (χ2n) is 4.22. The lowest BCUT2D eigenvalue weighted by molar-refractivity contribution is 0.176. The molecule has 0 bridgehead atoms. The highest BCUT2D eigenvalue weighted by molar-refractivity contribution is 7.91. The minimum absolute atomic E-state index is 0.0726.